The highest BCUT2D eigenvalue weighted by Gasteiger charge is 2.20. The number of aromatic nitrogens is 2. The van der Waals surface area contributed by atoms with Crippen LogP contribution in [0.3, 0.4) is 0 Å². The van der Waals surface area contributed by atoms with Crippen LogP contribution in [0.1, 0.15) is 19.8 Å². The molecule has 6 nitrogen and oxygen atoms in total. The van der Waals surface area contributed by atoms with Gasteiger partial charge in [-0.25, -0.2) is 13.1 Å². The largest absolute Gasteiger partial charge is 0.381 e. The Balaban J connectivity index is 2.72. The molecule has 1 rings (SSSR count). The zero-order chi connectivity index (χ0) is 13.6. The molecule has 0 bridgehead atoms. The van der Waals surface area contributed by atoms with Gasteiger partial charge in [0.25, 0.3) is 0 Å². The summed E-state index contributed by atoms with van der Waals surface area (Å²) in [5, 5.41) is 3.98. The number of nitrogens with two attached hydrogens (primary N) is 1. The molecule has 0 saturated carbocycles. The Morgan fingerprint density at radius 3 is 2.89 bits per heavy atom. The van der Waals surface area contributed by atoms with Crippen molar-refractivity contribution in [1.82, 2.24) is 14.5 Å². The molecule has 3 N–H and O–H groups in total. The van der Waals surface area contributed by atoms with Crippen molar-refractivity contribution < 1.29 is 8.42 Å². The molecule has 8 heteroatoms. The highest BCUT2D eigenvalue weighted by molar-refractivity contribution is 7.98. The highest BCUT2D eigenvalue weighted by Crippen LogP contribution is 2.16. The molecule has 0 spiro atoms. The molecule has 0 aromatic carbocycles. The minimum atomic E-state index is -3.54. The molecule has 0 aliphatic rings. The maximum atomic E-state index is 12.0. The minimum Gasteiger partial charge on any atom is -0.381 e. The van der Waals surface area contributed by atoms with Crippen LogP contribution in [0, 0.1) is 0 Å². The summed E-state index contributed by atoms with van der Waals surface area (Å²) in [4.78, 5) is 0.0695. The molecule has 0 atom stereocenters. The van der Waals surface area contributed by atoms with E-state index in [9.17, 15) is 8.42 Å². The molecular formula is C10H20N4O2S2. The van der Waals surface area contributed by atoms with Crippen LogP contribution >= 0.6 is 11.8 Å². The van der Waals surface area contributed by atoms with Gasteiger partial charge in [-0.1, -0.05) is 6.92 Å². The van der Waals surface area contributed by atoms with Crippen molar-refractivity contribution in [3.63, 3.8) is 0 Å². The Hall–Kier alpha value is -0.730. The second kappa shape index (κ2) is 7.01. The van der Waals surface area contributed by atoms with E-state index in [0.717, 1.165) is 18.6 Å². The average Bonchev–Trinajstić information content (AvgIpc) is 2.67. The summed E-state index contributed by atoms with van der Waals surface area (Å²) in [7, 11) is -3.54. The van der Waals surface area contributed by atoms with Crippen LogP contribution in [0.4, 0.5) is 5.82 Å². The lowest BCUT2D eigenvalue weighted by molar-refractivity contribution is 0.579. The van der Waals surface area contributed by atoms with Crippen LogP contribution in [0.25, 0.3) is 0 Å². The van der Waals surface area contributed by atoms with E-state index in [1.54, 1.807) is 16.4 Å². The Bertz CT molecular complexity index is 470. The Kier molecular flexibility index (Phi) is 5.97. The van der Waals surface area contributed by atoms with E-state index in [1.165, 1.54) is 6.20 Å². The van der Waals surface area contributed by atoms with Gasteiger partial charge in [0.05, 0.1) is 0 Å². The van der Waals surface area contributed by atoms with E-state index in [4.69, 9.17) is 5.73 Å². The van der Waals surface area contributed by atoms with Crippen LogP contribution < -0.4 is 10.5 Å². The molecule has 0 radical (unpaired) electrons. The van der Waals surface area contributed by atoms with Gasteiger partial charge in [0.2, 0.25) is 10.0 Å². The molecule has 104 valence electrons. The van der Waals surface area contributed by atoms with E-state index >= 15 is 0 Å². The third-order valence-corrected chi connectivity index (χ3v) is 4.49. The Morgan fingerprint density at radius 2 is 2.28 bits per heavy atom. The number of nitrogen functional groups attached to an aromatic ring is 1. The first-order valence-electron chi connectivity index (χ1n) is 5.82. The van der Waals surface area contributed by atoms with E-state index in [1.807, 2.05) is 13.2 Å². The zero-order valence-corrected chi connectivity index (χ0v) is 12.4. The molecule has 1 heterocycles. The molecular weight excluding hydrogens is 272 g/mol. The number of hydrogen-bond donors (Lipinski definition) is 2. The van der Waals surface area contributed by atoms with Gasteiger partial charge in [-0.3, -0.25) is 4.68 Å². The lowest BCUT2D eigenvalue weighted by Crippen LogP contribution is -2.25. The second-order valence-corrected chi connectivity index (χ2v) is 6.61. The molecule has 0 aliphatic carbocycles. The first-order chi connectivity index (χ1) is 8.51. The van der Waals surface area contributed by atoms with Crippen molar-refractivity contribution in [2.45, 2.75) is 31.2 Å². The average molecular weight is 292 g/mol. The number of rotatable bonds is 8. The molecule has 1 aromatic rings. The summed E-state index contributed by atoms with van der Waals surface area (Å²) in [6.07, 6.45) is 5.14. The fourth-order valence-corrected chi connectivity index (χ4v) is 3.05. The fourth-order valence-electron chi connectivity index (χ4n) is 1.47. The summed E-state index contributed by atoms with van der Waals surface area (Å²) in [6, 6.07) is 0. The Morgan fingerprint density at radius 1 is 1.56 bits per heavy atom. The van der Waals surface area contributed by atoms with Gasteiger partial charge in [0.1, 0.15) is 4.90 Å². The predicted molar refractivity (Wildman–Crippen MR) is 75.1 cm³/mol. The van der Waals surface area contributed by atoms with Crippen LogP contribution in [-0.2, 0) is 16.6 Å². The second-order valence-electron chi connectivity index (χ2n) is 3.89. The maximum absolute atomic E-state index is 12.0. The predicted octanol–water partition coefficient (Wildman–Crippen LogP) is 0.907. The van der Waals surface area contributed by atoms with Gasteiger partial charge in [-0.15, -0.1) is 0 Å². The summed E-state index contributed by atoms with van der Waals surface area (Å²) < 4.78 is 28.1. The molecule has 0 aliphatic heterocycles. The topological polar surface area (TPSA) is 90.0 Å². The highest BCUT2D eigenvalue weighted by atomic mass is 32.2. The molecule has 1 aromatic heterocycles. The first kappa shape index (κ1) is 15.3. The number of sulfonamides is 1. The SMILES string of the molecule is CCCn1cc(S(=O)(=O)NCCCSC)c(N)n1. The number of hydrogen-bond acceptors (Lipinski definition) is 5. The van der Waals surface area contributed by atoms with Gasteiger partial charge in [0, 0.05) is 19.3 Å². The van der Waals surface area contributed by atoms with Crippen LogP contribution in [-0.4, -0.2) is 36.8 Å². The first-order valence-corrected chi connectivity index (χ1v) is 8.70. The minimum absolute atomic E-state index is 0.0563. The van der Waals surface area contributed by atoms with Crippen LogP contribution in [0.15, 0.2) is 11.1 Å². The summed E-state index contributed by atoms with van der Waals surface area (Å²) in [5.74, 6) is 0.980. The van der Waals surface area contributed by atoms with Crippen molar-refractivity contribution in [2.75, 3.05) is 24.3 Å². The van der Waals surface area contributed by atoms with Crippen molar-refractivity contribution in [1.29, 1.82) is 0 Å². The molecule has 0 amide bonds. The van der Waals surface area contributed by atoms with E-state index in [-0.39, 0.29) is 10.7 Å². The normalized spacial score (nSPS) is 11.9. The molecule has 0 fully saturated rings. The number of aryl methyl sites for hydroxylation is 1. The maximum Gasteiger partial charge on any atom is 0.245 e. The smallest absolute Gasteiger partial charge is 0.245 e. The van der Waals surface area contributed by atoms with Crippen molar-refractivity contribution in [3.05, 3.63) is 6.20 Å². The Labute approximate surface area is 112 Å². The number of nitrogens with one attached hydrogen (secondary N) is 1. The van der Waals surface area contributed by atoms with Gasteiger partial charge in [-0.2, -0.15) is 16.9 Å². The number of thioether (sulfide) groups is 1. The fraction of sp³-hybridized carbons (Fsp3) is 0.700. The van der Waals surface area contributed by atoms with E-state index < -0.39 is 10.0 Å². The molecule has 0 saturated heterocycles. The number of anilines is 1. The summed E-state index contributed by atoms with van der Waals surface area (Å²) in [6.45, 7) is 3.07. The quantitative estimate of drug-likeness (QED) is 0.695. The van der Waals surface area contributed by atoms with Crippen LogP contribution in [0.2, 0.25) is 0 Å². The van der Waals surface area contributed by atoms with Gasteiger partial charge in [-0.05, 0) is 24.9 Å². The van der Waals surface area contributed by atoms with Crippen molar-refractivity contribution in [3.8, 4) is 0 Å². The van der Waals surface area contributed by atoms with Crippen molar-refractivity contribution in [2.24, 2.45) is 0 Å². The summed E-state index contributed by atoms with van der Waals surface area (Å²) >= 11 is 1.69. The van der Waals surface area contributed by atoms with Crippen molar-refractivity contribution >= 4 is 27.6 Å². The third-order valence-electron chi connectivity index (χ3n) is 2.31. The van der Waals surface area contributed by atoms with E-state index in [2.05, 4.69) is 9.82 Å². The number of nitrogens with zero attached hydrogens (tertiary/aromatic N) is 2. The van der Waals surface area contributed by atoms with Gasteiger partial charge >= 0.3 is 0 Å². The van der Waals surface area contributed by atoms with Gasteiger partial charge < -0.3 is 5.73 Å². The lowest BCUT2D eigenvalue weighted by atomic mass is 10.5. The van der Waals surface area contributed by atoms with E-state index in [0.29, 0.717) is 13.1 Å². The lowest BCUT2D eigenvalue weighted by Gasteiger charge is -2.04. The third kappa shape index (κ3) is 4.18. The zero-order valence-electron chi connectivity index (χ0n) is 10.7. The standard InChI is InChI=1S/C10H20N4O2S2/c1-3-6-14-8-9(10(11)13-14)18(15,16)12-5-4-7-17-2/h8,12H,3-7H2,1-2H3,(H2,11,13). The summed E-state index contributed by atoms with van der Waals surface area (Å²) in [5.41, 5.74) is 5.63. The molecule has 0 unspecified atom stereocenters. The van der Waals surface area contributed by atoms with Crippen LogP contribution in [0.5, 0.6) is 0 Å². The van der Waals surface area contributed by atoms with Gasteiger partial charge in [0.15, 0.2) is 5.82 Å². The monoisotopic (exact) mass is 292 g/mol. The molecule has 18 heavy (non-hydrogen) atoms.